The van der Waals surface area contributed by atoms with Crippen molar-refractivity contribution < 1.29 is 4.79 Å². The molecule has 0 aliphatic heterocycles. The summed E-state index contributed by atoms with van der Waals surface area (Å²) in [5, 5.41) is 0. The van der Waals surface area contributed by atoms with E-state index in [0.717, 1.165) is 44.1 Å². The number of Topliss-reactive ketones (excluding diaryl/α,β-unsaturated/α-hetero) is 1. The Balaban J connectivity index is 1.90. The van der Waals surface area contributed by atoms with E-state index in [0.29, 0.717) is 6.42 Å². The predicted molar refractivity (Wildman–Crippen MR) is 101 cm³/mol. The number of nitrogens with two attached hydrogens (primary N) is 1. The molecule has 2 aromatic carbocycles. The summed E-state index contributed by atoms with van der Waals surface area (Å²) in [5.41, 5.74) is 8.09. The van der Waals surface area contributed by atoms with E-state index in [1.807, 2.05) is 43.3 Å². The molecule has 0 fully saturated rings. The number of aryl methyl sites for hydroxylation is 1. The van der Waals surface area contributed by atoms with Gasteiger partial charge < -0.3 is 5.73 Å². The average molecular weight is 323 g/mol. The molecule has 2 heteroatoms. The van der Waals surface area contributed by atoms with Gasteiger partial charge in [0.1, 0.15) is 5.54 Å². The molecule has 0 amide bonds. The van der Waals surface area contributed by atoms with Crippen molar-refractivity contribution in [3.05, 3.63) is 71.8 Å². The second-order valence-corrected chi connectivity index (χ2v) is 6.56. The summed E-state index contributed by atoms with van der Waals surface area (Å²) in [6.45, 7) is 2.03. The first-order valence-electron chi connectivity index (χ1n) is 9.08. The second kappa shape index (κ2) is 9.39. The summed E-state index contributed by atoms with van der Waals surface area (Å²) in [4.78, 5) is 12.6. The molecule has 2 aromatic rings. The summed E-state index contributed by atoms with van der Waals surface area (Å²) < 4.78 is 0. The van der Waals surface area contributed by atoms with E-state index < -0.39 is 5.54 Å². The van der Waals surface area contributed by atoms with Crippen LogP contribution >= 0.6 is 0 Å². The van der Waals surface area contributed by atoms with E-state index in [2.05, 4.69) is 24.3 Å². The van der Waals surface area contributed by atoms with Crippen molar-refractivity contribution in [2.75, 3.05) is 0 Å². The van der Waals surface area contributed by atoms with Crippen LogP contribution in [0.25, 0.3) is 0 Å². The zero-order valence-corrected chi connectivity index (χ0v) is 14.7. The molecule has 2 N–H and O–H groups in total. The van der Waals surface area contributed by atoms with Crippen molar-refractivity contribution in [1.29, 1.82) is 0 Å². The Bertz CT molecular complexity index is 608. The largest absolute Gasteiger partial charge is 0.315 e. The molecule has 0 bridgehead atoms. The zero-order valence-electron chi connectivity index (χ0n) is 14.7. The van der Waals surface area contributed by atoms with Crippen LogP contribution < -0.4 is 5.73 Å². The quantitative estimate of drug-likeness (QED) is 0.624. The number of rotatable bonds is 10. The standard InChI is InChI=1S/C22H29NO/c1-2-12-21(24)22(23,20-16-9-4-10-17-20)18-11-5-8-15-19-13-6-3-7-14-19/h3-4,6-7,9-10,13-14,16-17H,2,5,8,11-12,15,18,23H2,1H3. The lowest BCUT2D eigenvalue weighted by Crippen LogP contribution is -2.44. The van der Waals surface area contributed by atoms with Gasteiger partial charge in [0.2, 0.25) is 0 Å². The van der Waals surface area contributed by atoms with Crippen molar-refractivity contribution in [2.24, 2.45) is 5.73 Å². The van der Waals surface area contributed by atoms with Gasteiger partial charge in [0, 0.05) is 6.42 Å². The van der Waals surface area contributed by atoms with Crippen LogP contribution in [0, 0.1) is 0 Å². The molecule has 0 saturated carbocycles. The van der Waals surface area contributed by atoms with Gasteiger partial charge in [-0.1, -0.05) is 80.4 Å². The van der Waals surface area contributed by atoms with Gasteiger partial charge in [-0.3, -0.25) is 4.79 Å². The molecule has 0 aliphatic carbocycles. The van der Waals surface area contributed by atoms with Crippen LogP contribution in [0.15, 0.2) is 60.7 Å². The minimum Gasteiger partial charge on any atom is -0.315 e. The van der Waals surface area contributed by atoms with Crippen LogP contribution in [0.4, 0.5) is 0 Å². The highest BCUT2D eigenvalue weighted by atomic mass is 16.1. The fraction of sp³-hybridized carbons (Fsp3) is 0.409. The first-order valence-corrected chi connectivity index (χ1v) is 9.08. The van der Waals surface area contributed by atoms with Gasteiger partial charge in [0.15, 0.2) is 5.78 Å². The number of hydrogen-bond donors (Lipinski definition) is 1. The smallest absolute Gasteiger partial charge is 0.157 e. The molecular weight excluding hydrogens is 294 g/mol. The number of carbonyl (C=O) groups is 1. The third-order valence-corrected chi connectivity index (χ3v) is 4.64. The molecule has 2 rings (SSSR count). The van der Waals surface area contributed by atoms with Crippen molar-refractivity contribution >= 4 is 5.78 Å². The van der Waals surface area contributed by atoms with Crippen molar-refractivity contribution in [3.63, 3.8) is 0 Å². The summed E-state index contributed by atoms with van der Waals surface area (Å²) in [6.07, 6.45) is 6.43. The summed E-state index contributed by atoms with van der Waals surface area (Å²) in [6, 6.07) is 20.4. The van der Waals surface area contributed by atoms with E-state index in [1.54, 1.807) is 0 Å². The minimum atomic E-state index is -0.829. The molecule has 1 atom stereocenters. The average Bonchev–Trinajstić information content (AvgIpc) is 2.63. The molecule has 0 radical (unpaired) electrons. The summed E-state index contributed by atoms with van der Waals surface area (Å²) in [5.74, 6) is 0.166. The predicted octanol–water partition coefficient (Wildman–Crippen LogP) is 5.01. The van der Waals surface area contributed by atoms with Crippen LogP contribution in [-0.2, 0) is 16.8 Å². The molecule has 1 unspecified atom stereocenters. The number of carbonyl (C=O) groups excluding carboxylic acids is 1. The Morgan fingerprint density at radius 1 is 0.917 bits per heavy atom. The normalized spacial score (nSPS) is 13.4. The SMILES string of the molecule is CCCC(=O)C(N)(CCCCCc1ccccc1)c1ccccc1. The monoisotopic (exact) mass is 323 g/mol. The first-order chi connectivity index (χ1) is 11.7. The Kier molecular flexibility index (Phi) is 7.20. The maximum atomic E-state index is 12.6. The summed E-state index contributed by atoms with van der Waals surface area (Å²) in [7, 11) is 0. The Hall–Kier alpha value is -1.93. The lowest BCUT2D eigenvalue weighted by Gasteiger charge is -2.29. The molecule has 128 valence electrons. The van der Waals surface area contributed by atoms with Gasteiger partial charge in [0.05, 0.1) is 0 Å². The fourth-order valence-electron chi connectivity index (χ4n) is 3.18. The highest BCUT2D eigenvalue weighted by molar-refractivity contribution is 5.89. The number of ketones is 1. The lowest BCUT2D eigenvalue weighted by atomic mass is 9.80. The van der Waals surface area contributed by atoms with Gasteiger partial charge in [-0.15, -0.1) is 0 Å². The lowest BCUT2D eigenvalue weighted by molar-refractivity contribution is -0.124. The maximum absolute atomic E-state index is 12.6. The van der Waals surface area contributed by atoms with Gasteiger partial charge in [0.25, 0.3) is 0 Å². The van der Waals surface area contributed by atoms with Crippen LogP contribution in [0.1, 0.15) is 56.6 Å². The zero-order chi connectivity index (χ0) is 17.3. The fourth-order valence-corrected chi connectivity index (χ4v) is 3.18. The topological polar surface area (TPSA) is 43.1 Å². The van der Waals surface area contributed by atoms with Gasteiger partial charge in [-0.25, -0.2) is 0 Å². The molecule has 0 heterocycles. The molecule has 0 aromatic heterocycles. The third-order valence-electron chi connectivity index (χ3n) is 4.64. The molecule has 0 aliphatic rings. The number of hydrogen-bond acceptors (Lipinski definition) is 2. The highest BCUT2D eigenvalue weighted by Gasteiger charge is 2.33. The maximum Gasteiger partial charge on any atom is 0.157 e. The first kappa shape index (κ1) is 18.4. The van der Waals surface area contributed by atoms with Crippen LogP contribution in [0.2, 0.25) is 0 Å². The van der Waals surface area contributed by atoms with Gasteiger partial charge >= 0.3 is 0 Å². The van der Waals surface area contributed by atoms with Gasteiger partial charge in [-0.05, 0) is 36.8 Å². The van der Waals surface area contributed by atoms with Crippen molar-refractivity contribution in [3.8, 4) is 0 Å². The Morgan fingerprint density at radius 2 is 1.54 bits per heavy atom. The van der Waals surface area contributed by atoms with Crippen molar-refractivity contribution in [2.45, 2.75) is 57.4 Å². The van der Waals surface area contributed by atoms with Crippen LogP contribution in [0.5, 0.6) is 0 Å². The number of unbranched alkanes of at least 4 members (excludes halogenated alkanes) is 2. The Morgan fingerprint density at radius 3 is 2.17 bits per heavy atom. The van der Waals surface area contributed by atoms with Crippen LogP contribution in [-0.4, -0.2) is 5.78 Å². The van der Waals surface area contributed by atoms with E-state index >= 15 is 0 Å². The molecular formula is C22H29NO. The van der Waals surface area contributed by atoms with Crippen LogP contribution in [0.3, 0.4) is 0 Å². The third kappa shape index (κ3) is 5.04. The van der Waals surface area contributed by atoms with E-state index in [1.165, 1.54) is 5.56 Å². The minimum absolute atomic E-state index is 0.166. The van der Waals surface area contributed by atoms with E-state index in [-0.39, 0.29) is 5.78 Å². The molecule has 0 spiro atoms. The van der Waals surface area contributed by atoms with Gasteiger partial charge in [-0.2, -0.15) is 0 Å². The number of benzene rings is 2. The van der Waals surface area contributed by atoms with E-state index in [4.69, 9.17) is 5.73 Å². The Labute approximate surface area is 146 Å². The summed E-state index contributed by atoms with van der Waals surface area (Å²) >= 11 is 0. The molecule has 24 heavy (non-hydrogen) atoms. The second-order valence-electron chi connectivity index (χ2n) is 6.56. The molecule has 0 saturated heterocycles. The van der Waals surface area contributed by atoms with E-state index in [9.17, 15) is 4.79 Å². The molecule has 2 nitrogen and oxygen atoms in total. The highest BCUT2D eigenvalue weighted by Crippen LogP contribution is 2.28. The van der Waals surface area contributed by atoms with Crippen molar-refractivity contribution in [1.82, 2.24) is 0 Å².